The van der Waals surface area contributed by atoms with E-state index in [1.807, 2.05) is 30.5 Å². The van der Waals surface area contributed by atoms with Gasteiger partial charge in [-0.3, -0.25) is 14.7 Å². The Morgan fingerprint density at radius 3 is 2.88 bits per heavy atom. The zero-order valence-corrected chi connectivity index (χ0v) is 14.3. The largest absolute Gasteiger partial charge is 0.310 e. The molecule has 3 heterocycles. The van der Waals surface area contributed by atoms with E-state index in [1.165, 1.54) is 0 Å². The molecular weight excluding hydrogens is 314 g/mol. The lowest BCUT2D eigenvalue weighted by Crippen LogP contribution is -2.36. The topological polar surface area (TPSA) is 74.8 Å². The number of rotatable bonds is 4. The summed E-state index contributed by atoms with van der Waals surface area (Å²) in [5, 5.41) is 0. The maximum Gasteiger partial charge on any atom is 0.255 e. The third kappa shape index (κ3) is 3.30. The highest BCUT2D eigenvalue weighted by Crippen LogP contribution is 2.17. The van der Waals surface area contributed by atoms with Crippen molar-refractivity contribution < 1.29 is 0 Å². The van der Waals surface area contributed by atoms with Crippen LogP contribution in [0, 0.1) is 0 Å². The van der Waals surface area contributed by atoms with Crippen LogP contribution >= 0.6 is 0 Å². The second-order valence-corrected chi connectivity index (χ2v) is 6.50. The van der Waals surface area contributed by atoms with Crippen LogP contribution in [0.4, 0.5) is 0 Å². The van der Waals surface area contributed by atoms with Gasteiger partial charge in [-0.2, -0.15) is 0 Å². The molecule has 1 aliphatic rings. The third-order valence-electron chi connectivity index (χ3n) is 4.57. The lowest BCUT2D eigenvalue weighted by Gasteiger charge is -2.27. The monoisotopic (exact) mass is 335 g/mol. The van der Waals surface area contributed by atoms with Crippen LogP contribution in [0.15, 0.2) is 35.3 Å². The summed E-state index contributed by atoms with van der Waals surface area (Å²) in [6.07, 6.45) is 4.43. The first-order valence-electron chi connectivity index (χ1n) is 8.77. The van der Waals surface area contributed by atoms with E-state index < -0.39 is 0 Å². The van der Waals surface area contributed by atoms with Gasteiger partial charge in [0.1, 0.15) is 5.82 Å². The number of H-pyrrole nitrogens is 1. The smallest absolute Gasteiger partial charge is 0.255 e. The average Bonchev–Trinajstić information content (AvgIpc) is 2.62. The van der Waals surface area contributed by atoms with Crippen molar-refractivity contribution in [2.45, 2.75) is 39.3 Å². The van der Waals surface area contributed by atoms with Crippen molar-refractivity contribution in [2.75, 3.05) is 6.54 Å². The summed E-state index contributed by atoms with van der Waals surface area (Å²) in [6.45, 7) is 4.27. The Morgan fingerprint density at radius 2 is 2.04 bits per heavy atom. The van der Waals surface area contributed by atoms with E-state index in [2.05, 4.69) is 31.8 Å². The maximum atomic E-state index is 12.4. The van der Waals surface area contributed by atoms with Crippen LogP contribution in [0.3, 0.4) is 0 Å². The number of hydrogen-bond donors (Lipinski definition) is 1. The minimum atomic E-state index is 0.00254. The number of aryl methyl sites for hydroxylation is 1. The van der Waals surface area contributed by atoms with E-state index in [0.29, 0.717) is 13.1 Å². The fourth-order valence-electron chi connectivity index (χ4n) is 3.32. The maximum absolute atomic E-state index is 12.4. The van der Waals surface area contributed by atoms with Gasteiger partial charge in [-0.25, -0.2) is 9.97 Å². The predicted molar refractivity (Wildman–Crippen MR) is 96.2 cm³/mol. The van der Waals surface area contributed by atoms with Crippen molar-refractivity contribution in [1.82, 2.24) is 24.8 Å². The highest BCUT2D eigenvalue weighted by molar-refractivity contribution is 5.73. The van der Waals surface area contributed by atoms with Gasteiger partial charge in [-0.05, 0) is 18.6 Å². The van der Waals surface area contributed by atoms with Gasteiger partial charge in [0, 0.05) is 32.5 Å². The second kappa shape index (κ2) is 6.72. The van der Waals surface area contributed by atoms with Crippen LogP contribution in [-0.4, -0.2) is 31.4 Å². The number of hydrogen-bond acceptors (Lipinski definition) is 5. The molecule has 0 saturated carbocycles. The number of nitrogens with zero attached hydrogens (tertiary/aromatic N) is 4. The van der Waals surface area contributed by atoms with Crippen molar-refractivity contribution in [3.63, 3.8) is 0 Å². The van der Waals surface area contributed by atoms with Crippen molar-refractivity contribution in [3.8, 4) is 0 Å². The Labute approximate surface area is 146 Å². The van der Waals surface area contributed by atoms with Gasteiger partial charge in [-0.1, -0.05) is 19.1 Å². The molecule has 0 atom stereocenters. The first-order chi connectivity index (χ1) is 12.2. The van der Waals surface area contributed by atoms with Crippen LogP contribution in [-0.2, 0) is 25.9 Å². The highest BCUT2D eigenvalue weighted by Gasteiger charge is 2.21. The Bertz CT molecular complexity index is 965. The Morgan fingerprint density at radius 1 is 1.20 bits per heavy atom. The third-order valence-corrected chi connectivity index (χ3v) is 4.57. The van der Waals surface area contributed by atoms with Gasteiger partial charge in [-0.15, -0.1) is 0 Å². The molecule has 0 aliphatic carbocycles. The van der Waals surface area contributed by atoms with Crippen molar-refractivity contribution >= 4 is 11.0 Å². The molecule has 4 rings (SSSR count). The summed E-state index contributed by atoms with van der Waals surface area (Å²) in [6, 6.07) is 7.87. The highest BCUT2D eigenvalue weighted by atomic mass is 16.1. The van der Waals surface area contributed by atoms with Crippen molar-refractivity contribution in [2.24, 2.45) is 0 Å². The number of fused-ring (bicyclic) bond motifs is 2. The van der Waals surface area contributed by atoms with Crippen LogP contribution in [0.25, 0.3) is 11.0 Å². The molecule has 6 heteroatoms. The minimum absolute atomic E-state index is 0.00254. The molecule has 1 aliphatic heterocycles. The number of nitrogens with one attached hydrogen (secondary N) is 1. The normalized spacial score (nSPS) is 14.6. The van der Waals surface area contributed by atoms with Gasteiger partial charge in [0.05, 0.1) is 34.2 Å². The van der Waals surface area contributed by atoms with E-state index in [4.69, 9.17) is 0 Å². The molecule has 3 aromatic rings. The molecule has 0 unspecified atom stereocenters. The zero-order valence-electron chi connectivity index (χ0n) is 14.3. The fourth-order valence-corrected chi connectivity index (χ4v) is 3.32. The summed E-state index contributed by atoms with van der Waals surface area (Å²) in [7, 11) is 0. The number of aromatic amines is 1. The molecule has 0 spiro atoms. The van der Waals surface area contributed by atoms with Crippen molar-refractivity contribution in [1.29, 1.82) is 0 Å². The summed E-state index contributed by atoms with van der Waals surface area (Å²) in [5.41, 5.74) is 4.48. The first kappa shape index (κ1) is 15.9. The zero-order chi connectivity index (χ0) is 17.2. The number of aromatic nitrogens is 4. The first-order valence-corrected chi connectivity index (χ1v) is 8.77. The Kier molecular flexibility index (Phi) is 4.28. The van der Waals surface area contributed by atoms with Gasteiger partial charge >= 0.3 is 0 Å². The Balaban J connectivity index is 1.54. The predicted octanol–water partition coefficient (Wildman–Crippen LogP) is 2.22. The quantitative estimate of drug-likeness (QED) is 0.791. The number of benzene rings is 1. The van der Waals surface area contributed by atoms with Crippen LogP contribution in [0.5, 0.6) is 0 Å². The summed E-state index contributed by atoms with van der Waals surface area (Å²) in [5.74, 6) is 0.806. The molecule has 0 amide bonds. The standard InChI is InChI=1S/C19H21N5O/c1-2-5-18-22-15-8-9-24(12-14(15)19(25)23-18)11-13-10-20-16-6-3-4-7-17(16)21-13/h3-4,6-7,10H,2,5,8-9,11-12H2,1H3,(H,22,23,25). The molecular formula is C19H21N5O. The van der Waals surface area contributed by atoms with Crippen LogP contribution in [0.1, 0.15) is 36.1 Å². The minimum Gasteiger partial charge on any atom is -0.310 e. The molecule has 6 nitrogen and oxygen atoms in total. The molecule has 1 N–H and O–H groups in total. The molecule has 2 aromatic heterocycles. The average molecular weight is 335 g/mol. The van der Waals surface area contributed by atoms with Gasteiger partial charge < -0.3 is 4.98 Å². The van der Waals surface area contributed by atoms with E-state index in [-0.39, 0.29) is 5.56 Å². The summed E-state index contributed by atoms with van der Waals surface area (Å²) >= 11 is 0. The SMILES string of the molecule is CCCc1nc2c(c(=O)[nH]1)CN(Cc1cnc3ccccc3n1)CC2. The molecule has 25 heavy (non-hydrogen) atoms. The summed E-state index contributed by atoms with van der Waals surface area (Å²) < 4.78 is 0. The van der Waals surface area contributed by atoms with E-state index in [9.17, 15) is 4.79 Å². The molecule has 0 fully saturated rings. The molecule has 0 bridgehead atoms. The van der Waals surface area contributed by atoms with Crippen LogP contribution < -0.4 is 5.56 Å². The van der Waals surface area contributed by atoms with E-state index >= 15 is 0 Å². The summed E-state index contributed by atoms with van der Waals surface area (Å²) in [4.78, 5) is 31.3. The molecule has 0 saturated heterocycles. The van der Waals surface area contributed by atoms with Gasteiger partial charge in [0.15, 0.2) is 0 Å². The molecule has 1 aromatic carbocycles. The van der Waals surface area contributed by atoms with Gasteiger partial charge in [0.25, 0.3) is 5.56 Å². The molecule has 0 radical (unpaired) electrons. The lowest BCUT2D eigenvalue weighted by atomic mass is 10.1. The fraction of sp³-hybridized carbons (Fsp3) is 0.368. The Hall–Kier alpha value is -2.60. The second-order valence-electron chi connectivity index (χ2n) is 6.50. The van der Waals surface area contributed by atoms with Crippen LogP contribution in [0.2, 0.25) is 0 Å². The van der Waals surface area contributed by atoms with Gasteiger partial charge in [0.2, 0.25) is 0 Å². The van der Waals surface area contributed by atoms with E-state index in [0.717, 1.165) is 59.6 Å². The van der Waals surface area contributed by atoms with Crippen molar-refractivity contribution in [3.05, 3.63) is 63.6 Å². The molecule has 128 valence electrons. The number of para-hydroxylation sites is 2. The lowest BCUT2D eigenvalue weighted by molar-refractivity contribution is 0.238. The van der Waals surface area contributed by atoms with E-state index in [1.54, 1.807) is 0 Å².